The highest BCUT2D eigenvalue weighted by Crippen LogP contribution is 2.30. The summed E-state index contributed by atoms with van der Waals surface area (Å²) in [5, 5.41) is 10.5. The molecule has 2 aromatic rings. The third-order valence-corrected chi connectivity index (χ3v) is 4.61. The van der Waals surface area contributed by atoms with Crippen molar-refractivity contribution in [1.82, 2.24) is 14.8 Å². The molecule has 23 heavy (non-hydrogen) atoms. The van der Waals surface area contributed by atoms with E-state index in [4.69, 9.17) is 0 Å². The van der Waals surface area contributed by atoms with Gasteiger partial charge >= 0.3 is 0 Å². The lowest BCUT2D eigenvalue weighted by atomic mass is 10.1. The maximum atomic E-state index is 10.5. The predicted molar refractivity (Wildman–Crippen MR) is 93.1 cm³/mol. The molecule has 2 atom stereocenters. The normalized spacial score (nSPS) is 20.2. The maximum absolute atomic E-state index is 10.5. The van der Waals surface area contributed by atoms with Crippen molar-refractivity contribution in [3.05, 3.63) is 59.9 Å². The number of benzene rings is 1. The van der Waals surface area contributed by atoms with E-state index in [-0.39, 0.29) is 6.10 Å². The van der Waals surface area contributed by atoms with Crippen LogP contribution in [0.4, 0.5) is 0 Å². The van der Waals surface area contributed by atoms with Crippen LogP contribution in [0, 0.1) is 0 Å². The van der Waals surface area contributed by atoms with Gasteiger partial charge in [0.2, 0.25) is 0 Å². The summed E-state index contributed by atoms with van der Waals surface area (Å²) in [5.41, 5.74) is 2.56. The Morgan fingerprint density at radius 1 is 1.26 bits per heavy atom. The highest BCUT2D eigenvalue weighted by atomic mass is 16.3. The van der Waals surface area contributed by atoms with E-state index in [1.54, 1.807) is 0 Å². The van der Waals surface area contributed by atoms with Crippen LogP contribution in [0.3, 0.4) is 0 Å². The van der Waals surface area contributed by atoms with Crippen LogP contribution in [0.15, 0.2) is 48.7 Å². The zero-order valence-electron chi connectivity index (χ0n) is 13.9. The monoisotopic (exact) mass is 313 g/mol. The van der Waals surface area contributed by atoms with Gasteiger partial charge in [-0.25, -0.2) is 0 Å². The van der Waals surface area contributed by atoms with E-state index >= 15 is 0 Å². The number of rotatable bonds is 7. The van der Waals surface area contributed by atoms with Crippen molar-refractivity contribution in [3.63, 3.8) is 0 Å². The average molecular weight is 313 g/mol. The van der Waals surface area contributed by atoms with Crippen LogP contribution < -0.4 is 0 Å². The van der Waals surface area contributed by atoms with Crippen molar-refractivity contribution in [2.45, 2.75) is 31.5 Å². The predicted octanol–water partition coefficient (Wildman–Crippen LogP) is 2.64. The fraction of sp³-hybridized carbons (Fsp3) is 0.474. The van der Waals surface area contributed by atoms with E-state index < -0.39 is 0 Å². The summed E-state index contributed by atoms with van der Waals surface area (Å²) in [7, 11) is 2.07. The summed E-state index contributed by atoms with van der Waals surface area (Å²) < 4.78 is 0. The first-order valence-corrected chi connectivity index (χ1v) is 8.50. The van der Waals surface area contributed by atoms with E-state index in [9.17, 15) is 5.11 Å². The van der Waals surface area contributed by atoms with Crippen molar-refractivity contribution in [2.24, 2.45) is 0 Å². The number of aromatic nitrogens is 1. The minimum Gasteiger partial charge on any atom is -0.390 e. The molecule has 0 spiro atoms. The first-order chi connectivity index (χ1) is 11.2. The van der Waals surface area contributed by atoms with Gasteiger partial charge in [-0.05, 0) is 44.1 Å². The summed E-state index contributed by atoms with van der Waals surface area (Å²) >= 11 is 0. The Hall–Kier alpha value is -1.62. The molecular formula is C19H27N3O. The lowest BCUT2D eigenvalue weighted by molar-refractivity contribution is 0.0745. The number of β-amino-alcohol motifs (C(OH)–C–C–N with tert-alkyl or cyclic N) is 1. The number of nitrogens with one attached hydrogen (secondary N) is 1. The fourth-order valence-electron chi connectivity index (χ4n) is 3.60. The Labute approximate surface area is 138 Å². The van der Waals surface area contributed by atoms with Crippen LogP contribution >= 0.6 is 0 Å². The number of nitrogens with zero attached hydrogens (tertiary/aromatic N) is 2. The minimum atomic E-state index is -0.320. The average Bonchev–Trinajstić information content (AvgIpc) is 3.18. The van der Waals surface area contributed by atoms with E-state index in [2.05, 4.69) is 58.2 Å². The minimum absolute atomic E-state index is 0.320. The third-order valence-electron chi connectivity index (χ3n) is 4.61. The molecule has 0 bridgehead atoms. The summed E-state index contributed by atoms with van der Waals surface area (Å²) in [6.45, 7) is 3.38. The molecule has 1 aliphatic heterocycles. The quantitative estimate of drug-likeness (QED) is 0.826. The molecule has 4 heteroatoms. The van der Waals surface area contributed by atoms with Crippen molar-refractivity contribution in [3.8, 4) is 0 Å². The van der Waals surface area contributed by atoms with E-state index in [0.717, 1.165) is 19.6 Å². The third kappa shape index (κ3) is 4.44. The molecular weight excluding hydrogens is 286 g/mol. The molecule has 3 rings (SSSR count). The maximum Gasteiger partial charge on any atom is 0.0794 e. The Balaban J connectivity index is 1.49. The first-order valence-electron chi connectivity index (χ1n) is 8.50. The van der Waals surface area contributed by atoms with Crippen molar-refractivity contribution < 1.29 is 5.11 Å². The smallest absolute Gasteiger partial charge is 0.0794 e. The molecule has 1 fully saturated rings. The van der Waals surface area contributed by atoms with Gasteiger partial charge in [0.25, 0.3) is 0 Å². The number of likely N-dealkylation sites (N-methyl/N-ethyl adjacent to an activating group) is 1. The van der Waals surface area contributed by atoms with Gasteiger partial charge in [-0.1, -0.05) is 30.3 Å². The summed E-state index contributed by atoms with van der Waals surface area (Å²) in [6, 6.07) is 15.0. The zero-order chi connectivity index (χ0) is 16.1. The van der Waals surface area contributed by atoms with Gasteiger partial charge in [-0.3, -0.25) is 9.80 Å². The number of aliphatic hydroxyl groups is 1. The van der Waals surface area contributed by atoms with Gasteiger partial charge in [0.15, 0.2) is 0 Å². The van der Waals surface area contributed by atoms with Crippen LogP contribution in [0.1, 0.15) is 30.1 Å². The highest BCUT2D eigenvalue weighted by Gasteiger charge is 2.28. The molecule has 2 unspecified atom stereocenters. The lowest BCUT2D eigenvalue weighted by Crippen LogP contribution is -2.38. The standard InChI is InChI=1S/C19H27N3O/c1-21(13-16-7-3-2-4-8-16)14-17(23)15-22-12-6-10-19(22)18-9-5-11-20-18/h2-5,7-9,11,17,19-20,23H,6,10,12-15H2,1H3. The van der Waals surface area contributed by atoms with Crippen LogP contribution in [0.25, 0.3) is 0 Å². The number of H-pyrrole nitrogens is 1. The summed E-state index contributed by atoms with van der Waals surface area (Å²) in [6.07, 6.45) is 4.04. The molecule has 1 aromatic heterocycles. The van der Waals surface area contributed by atoms with Gasteiger partial charge in [-0.2, -0.15) is 0 Å². The number of aliphatic hydroxyl groups excluding tert-OH is 1. The molecule has 1 aliphatic rings. The second-order valence-corrected chi connectivity index (χ2v) is 6.61. The number of hydrogen-bond donors (Lipinski definition) is 2. The Morgan fingerprint density at radius 3 is 2.83 bits per heavy atom. The number of aromatic amines is 1. The molecule has 0 amide bonds. The van der Waals surface area contributed by atoms with Crippen LogP contribution in [-0.2, 0) is 6.54 Å². The number of likely N-dealkylation sites (tertiary alicyclic amines) is 1. The molecule has 0 aliphatic carbocycles. The molecule has 0 radical (unpaired) electrons. The SMILES string of the molecule is CN(Cc1ccccc1)CC(O)CN1CCCC1c1ccc[nH]1. The molecule has 2 N–H and O–H groups in total. The largest absolute Gasteiger partial charge is 0.390 e. The van der Waals surface area contributed by atoms with Gasteiger partial charge < -0.3 is 10.1 Å². The van der Waals surface area contributed by atoms with E-state index in [1.165, 1.54) is 24.1 Å². The fourth-order valence-corrected chi connectivity index (χ4v) is 3.60. The Kier molecular flexibility index (Phi) is 5.49. The topological polar surface area (TPSA) is 42.5 Å². The molecule has 0 saturated carbocycles. The van der Waals surface area contributed by atoms with Gasteiger partial charge in [0.1, 0.15) is 0 Å². The summed E-state index contributed by atoms with van der Waals surface area (Å²) in [4.78, 5) is 7.93. The molecule has 124 valence electrons. The van der Waals surface area contributed by atoms with Gasteiger partial charge in [0.05, 0.1) is 6.10 Å². The zero-order valence-corrected chi connectivity index (χ0v) is 13.9. The second-order valence-electron chi connectivity index (χ2n) is 6.61. The van der Waals surface area contributed by atoms with E-state index in [0.29, 0.717) is 12.6 Å². The molecule has 4 nitrogen and oxygen atoms in total. The molecule has 1 aromatic carbocycles. The van der Waals surface area contributed by atoms with Crippen molar-refractivity contribution >= 4 is 0 Å². The van der Waals surface area contributed by atoms with Crippen molar-refractivity contribution in [1.29, 1.82) is 0 Å². The number of hydrogen-bond acceptors (Lipinski definition) is 3. The molecule has 2 heterocycles. The summed E-state index contributed by atoms with van der Waals surface area (Å²) in [5.74, 6) is 0. The molecule has 1 saturated heterocycles. The van der Waals surface area contributed by atoms with Gasteiger partial charge in [-0.15, -0.1) is 0 Å². The lowest BCUT2D eigenvalue weighted by Gasteiger charge is -2.28. The van der Waals surface area contributed by atoms with Crippen molar-refractivity contribution in [2.75, 3.05) is 26.7 Å². The Morgan fingerprint density at radius 2 is 2.09 bits per heavy atom. The van der Waals surface area contributed by atoms with E-state index in [1.807, 2.05) is 12.3 Å². The Bertz CT molecular complexity index is 570. The highest BCUT2D eigenvalue weighted by molar-refractivity contribution is 5.14. The van der Waals surface area contributed by atoms with Crippen LogP contribution in [-0.4, -0.2) is 52.7 Å². The second kappa shape index (κ2) is 7.77. The van der Waals surface area contributed by atoms with Gasteiger partial charge in [0, 0.05) is 37.6 Å². The first kappa shape index (κ1) is 16.2. The van der Waals surface area contributed by atoms with Crippen LogP contribution in [0.5, 0.6) is 0 Å². The van der Waals surface area contributed by atoms with Crippen LogP contribution in [0.2, 0.25) is 0 Å².